The third kappa shape index (κ3) is 7.45. The van der Waals surface area contributed by atoms with Gasteiger partial charge in [-0.25, -0.2) is 9.38 Å². The number of halogens is 1. The third-order valence-electron chi connectivity index (χ3n) is 4.42. The van der Waals surface area contributed by atoms with E-state index in [1.54, 1.807) is 12.1 Å². The molecule has 6 nitrogen and oxygen atoms in total. The Morgan fingerprint density at radius 2 is 2.22 bits per heavy atom. The number of nitrogens with one attached hydrogen (secondary N) is 2. The maximum Gasteiger partial charge on any atom is 0.222 e. The summed E-state index contributed by atoms with van der Waals surface area (Å²) in [4.78, 5) is 18.1. The molecule has 2 N–H and O–H groups in total. The summed E-state index contributed by atoms with van der Waals surface area (Å²) in [6.45, 7) is 7.68. The number of hydrogen-bond donors (Lipinski definition) is 2. The van der Waals surface area contributed by atoms with Gasteiger partial charge in [0.25, 0.3) is 0 Å². The molecule has 1 aromatic carbocycles. The van der Waals surface area contributed by atoms with Crippen molar-refractivity contribution in [1.29, 1.82) is 0 Å². The van der Waals surface area contributed by atoms with Gasteiger partial charge in [-0.1, -0.05) is 13.0 Å². The lowest BCUT2D eigenvalue weighted by molar-refractivity contribution is -0.127. The normalized spacial score (nSPS) is 15.7. The number of aliphatic imine (C=N–C) groups is 1. The van der Waals surface area contributed by atoms with Gasteiger partial charge in [0.2, 0.25) is 5.91 Å². The lowest BCUT2D eigenvalue weighted by atomic mass is 10.2. The molecular weight excluding hydrogens is 347 g/mol. The summed E-state index contributed by atoms with van der Waals surface area (Å²) in [5.74, 6) is 1.20. The quantitative estimate of drug-likeness (QED) is 0.373. The number of carbonyl (C=O) groups excluding carboxylic acids is 1. The molecule has 1 aliphatic rings. The van der Waals surface area contributed by atoms with Crippen LogP contribution >= 0.6 is 0 Å². The van der Waals surface area contributed by atoms with E-state index in [1.165, 1.54) is 12.1 Å². The van der Waals surface area contributed by atoms with Crippen LogP contribution in [0, 0.1) is 5.82 Å². The Balaban J connectivity index is 1.78. The monoisotopic (exact) mass is 378 g/mol. The number of nitrogens with zero attached hydrogens (tertiary/aromatic N) is 2. The highest BCUT2D eigenvalue weighted by atomic mass is 19.1. The molecule has 1 aromatic rings. The molecule has 0 radical (unpaired) electrons. The predicted molar refractivity (Wildman–Crippen MR) is 106 cm³/mol. The van der Waals surface area contributed by atoms with Gasteiger partial charge in [0, 0.05) is 38.7 Å². The molecule has 150 valence electrons. The van der Waals surface area contributed by atoms with Crippen molar-refractivity contribution < 1.29 is 13.9 Å². The van der Waals surface area contributed by atoms with Gasteiger partial charge in [-0.15, -0.1) is 0 Å². The van der Waals surface area contributed by atoms with Gasteiger partial charge in [-0.2, -0.15) is 0 Å². The summed E-state index contributed by atoms with van der Waals surface area (Å²) in [6.07, 6.45) is 3.19. The molecule has 0 aliphatic carbocycles. The van der Waals surface area contributed by atoms with E-state index in [-0.39, 0.29) is 17.8 Å². The van der Waals surface area contributed by atoms with Gasteiger partial charge in [0.05, 0.1) is 6.54 Å². The molecule has 0 bridgehead atoms. The minimum absolute atomic E-state index is 0.121. The van der Waals surface area contributed by atoms with Gasteiger partial charge in [0.15, 0.2) is 5.96 Å². The van der Waals surface area contributed by atoms with Crippen molar-refractivity contribution in [2.45, 2.75) is 45.6 Å². The fourth-order valence-corrected chi connectivity index (χ4v) is 2.93. The molecule has 2 rings (SSSR count). The van der Waals surface area contributed by atoms with Crippen LogP contribution in [0.5, 0.6) is 5.75 Å². The van der Waals surface area contributed by atoms with E-state index < -0.39 is 0 Å². The minimum atomic E-state index is -0.308. The summed E-state index contributed by atoms with van der Waals surface area (Å²) in [7, 11) is 0. The van der Waals surface area contributed by atoms with Crippen LogP contribution in [0.25, 0.3) is 0 Å². The van der Waals surface area contributed by atoms with Crippen LogP contribution in [0.3, 0.4) is 0 Å². The smallest absolute Gasteiger partial charge is 0.222 e. The van der Waals surface area contributed by atoms with Gasteiger partial charge >= 0.3 is 0 Å². The molecule has 7 heteroatoms. The fraction of sp³-hybridized carbons (Fsp3) is 0.600. The van der Waals surface area contributed by atoms with E-state index in [2.05, 4.69) is 15.6 Å². The molecule has 1 fully saturated rings. The number of carbonyl (C=O) groups is 1. The maximum absolute atomic E-state index is 13.3. The standard InChI is InChI=1S/C20H31FN4O2/c1-3-17(27-18-9-5-8-16(21)14-18)15-24-20(22-4-2)23-11-7-13-25-12-6-10-19(25)26/h5,8-9,14,17H,3-4,6-7,10-13,15H2,1-2H3,(H2,22,23,24). The molecule has 1 atom stereocenters. The van der Waals surface area contributed by atoms with Gasteiger partial charge < -0.3 is 20.3 Å². The van der Waals surface area contributed by atoms with E-state index in [1.807, 2.05) is 18.7 Å². The second-order valence-electron chi connectivity index (χ2n) is 6.59. The van der Waals surface area contributed by atoms with Crippen molar-refractivity contribution in [3.05, 3.63) is 30.1 Å². The molecule has 1 amide bonds. The minimum Gasteiger partial charge on any atom is -0.488 e. The summed E-state index contributed by atoms with van der Waals surface area (Å²) < 4.78 is 19.1. The first-order valence-corrected chi connectivity index (χ1v) is 9.84. The van der Waals surface area contributed by atoms with Crippen LogP contribution < -0.4 is 15.4 Å². The van der Waals surface area contributed by atoms with Crippen LogP contribution in [-0.4, -0.2) is 55.6 Å². The molecule has 27 heavy (non-hydrogen) atoms. The zero-order valence-electron chi connectivity index (χ0n) is 16.3. The Morgan fingerprint density at radius 1 is 1.37 bits per heavy atom. The highest BCUT2D eigenvalue weighted by molar-refractivity contribution is 5.79. The molecule has 0 aromatic heterocycles. The first-order valence-electron chi connectivity index (χ1n) is 9.84. The van der Waals surface area contributed by atoms with Crippen LogP contribution in [0.15, 0.2) is 29.3 Å². The number of benzene rings is 1. The second kappa shape index (κ2) is 11.4. The molecule has 0 saturated carbocycles. The number of rotatable bonds is 10. The largest absolute Gasteiger partial charge is 0.488 e. The number of hydrogen-bond acceptors (Lipinski definition) is 3. The van der Waals surface area contributed by atoms with Crippen molar-refractivity contribution in [3.63, 3.8) is 0 Å². The molecular formula is C20H31FN4O2. The van der Waals surface area contributed by atoms with Crippen molar-refractivity contribution in [2.24, 2.45) is 4.99 Å². The molecule has 0 spiro atoms. The van der Waals surface area contributed by atoms with Crippen molar-refractivity contribution in [3.8, 4) is 5.75 Å². The van der Waals surface area contributed by atoms with E-state index in [0.29, 0.717) is 18.7 Å². The molecule has 1 aliphatic heterocycles. The molecule has 1 unspecified atom stereocenters. The Kier molecular flexibility index (Phi) is 8.87. The maximum atomic E-state index is 13.3. The highest BCUT2D eigenvalue weighted by Gasteiger charge is 2.19. The van der Waals surface area contributed by atoms with E-state index in [0.717, 1.165) is 51.4 Å². The van der Waals surface area contributed by atoms with Gasteiger partial charge in [0.1, 0.15) is 17.7 Å². The first-order chi connectivity index (χ1) is 13.1. The van der Waals surface area contributed by atoms with Crippen LogP contribution in [-0.2, 0) is 4.79 Å². The zero-order valence-corrected chi connectivity index (χ0v) is 16.3. The SMILES string of the molecule is CCNC(=NCC(CC)Oc1cccc(F)c1)NCCCN1CCCC1=O. The number of likely N-dealkylation sites (tertiary alicyclic amines) is 1. The summed E-state index contributed by atoms with van der Waals surface area (Å²) in [6, 6.07) is 6.17. The Labute approximate surface area is 161 Å². The number of guanidine groups is 1. The second-order valence-corrected chi connectivity index (χ2v) is 6.59. The zero-order chi connectivity index (χ0) is 19.5. The lowest BCUT2D eigenvalue weighted by Crippen LogP contribution is -2.39. The topological polar surface area (TPSA) is 66.0 Å². The van der Waals surface area contributed by atoms with E-state index in [4.69, 9.17) is 4.74 Å². The Bertz CT molecular complexity index is 624. The van der Waals surface area contributed by atoms with Crippen molar-refractivity contribution >= 4 is 11.9 Å². The van der Waals surface area contributed by atoms with Crippen molar-refractivity contribution in [2.75, 3.05) is 32.7 Å². The molecule has 1 saturated heterocycles. The van der Waals surface area contributed by atoms with Crippen LogP contribution in [0.4, 0.5) is 4.39 Å². The summed E-state index contributed by atoms with van der Waals surface area (Å²) in [5, 5.41) is 6.51. The summed E-state index contributed by atoms with van der Waals surface area (Å²) >= 11 is 0. The fourth-order valence-electron chi connectivity index (χ4n) is 2.93. The average molecular weight is 378 g/mol. The van der Waals surface area contributed by atoms with Crippen LogP contribution in [0.1, 0.15) is 39.5 Å². The lowest BCUT2D eigenvalue weighted by Gasteiger charge is -2.18. The van der Waals surface area contributed by atoms with Gasteiger partial charge in [-0.05, 0) is 38.3 Å². The van der Waals surface area contributed by atoms with Gasteiger partial charge in [-0.3, -0.25) is 4.79 Å². The first kappa shape index (κ1) is 21.0. The predicted octanol–water partition coefficient (Wildman–Crippen LogP) is 2.55. The average Bonchev–Trinajstić information content (AvgIpc) is 3.06. The van der Waals surface area contributed by atoms with E-state index in [9.17, 15) is 9.18 Å². The number of amides is 1. The van der Waals surface area contributed by atoms with Crippen molar-refractivity contribution in [1.82, 2.24) is 15.5 Å². The van der Waals surface area contributed by atoms with E-state index >= 15 is 0 Å². The van der Waals surface area contributed by atoms with Crippen LogP contribution in [0.2, 0.25) is 0 Å². The number of ether oxygens (including phenoxy) is 1. The highest BCUT2D eigenvalue weighted by Crippen LogP contribution is 2.15. The third-order valence-corrected chi connectivity index (χ3v) is 4.42. The Morgan fingerprint density at radius 3 is 2.89 bits per heavy atom. The molecule has 1 heterocycles. The Hall–Kier alpha value is -2.31. The summed E-state index contributed by atoms with van der Waals surface area (Å²) in [5.41, 5.74) is 0.